The molecule has 7 nitrogen and oxygen atoms in total. The molecule has 2 fully saturated rings. The van der Waals surface area contributed by atoms with E-state index in [0.717, 1.165) is 32.1 Å². The van der Waals surface area contributed by atoms with Crippen LogP contribution < -0.4 is 0 Å². The first-order valence-corrected chi connectivity index (χ1v) is 13.5. The van der Waals surface area contributed by atoms with E-state index in [0.29, 0.717) is 13.2 Å². The van der Waals surface area contributed by atoms with Gasteiger partial charge in [0.1, 0.15) is 6.04 Å². The van der Waals surface area contributed by atoms with Crippen molar-refractivity contribution in [2.24, 2.45) is 11.8 Å². The van der Waals surface area contributed by atoms with Crippen molar-refractivity contribution >= 4 is 29.5 Å². The van der Waals surface area contributed by atoms with E-state index < -0.39 is 33.4 Å². The molecule has 7 atom stereocenters. The van der Waals surface area contributed by atoms with Gasteiger partial charge in [-0.05, 0) is 46.5 Å². The van der Waals surface area contributed by atoms with Crippen LogP contribution in [0, 0.1) is 11.8 Å². The van der Waals surface area contributed by atoms with E-state index in [1.165, 1.54) is 0 Å². The van der Waals surface area contributed by atoms with Gasteiger partial charge in [-0.1, -0.05) is 37.6 Å². The standard InChI is InChI=1S/C26H38N2O5S/c1-5-11-17(2)27-14-10-13-26-19(22(30)28(18(3)16-29)21(26)23(27)31)20-24(32)33-15-9-7-6-8-12-25(20,4)34-26/h8,10,12-13,17-21,29H,5-7,9,11,14-16H2,1-4H3/b12-8-/t17?,18-,19+,20-,21?,25+,26+/m1/s1. The van der Waals surface area contributed by atoms with E-state index in [4.69, 9.17) is 4.74 Å². The molecule has 0 bridgehead atoms. The molecule has 2 amide bonds. The SMILES string of the molecule is CCCC(C)N1CC=C[C@]23S[C@@]4(C)/C=C\CCCCOC(=O)[C@H]4[C@H]2C(=O)N([C@H](C)CO)C3C1=O. The fourth-order valence-electron chi connectivity index (χ4n) is 6.29. The summed E-state index contributed by atoms with van der Waals surface area (Å²) in [5, 5.41) is 10.0. The van der Waals surface area contributed by atoms with Crippen LogP contribution in [0.25, 0.3) is 0 Å². The number of carbonyl (C=O) groups is 3. The molecule has 1 spiro atoms. The minimum absolute atomic E-state index is 0.0327. The van der Waals surface area contributed by atoms with Gasteiger partial charge in [-0.25, -0.2) is 0 Å². The van der Waals surface area contributed by atoms with Gasteiger partial charge in [0.2, 0.25) is 11.8 Å². The molecule has 4 rings (SSSR count). The van der Waals surface area contributed by atoms with Crippen LogP contribution in [0.1, 0.15) is 59.8 Å². The summed E-state index contributed by atoms with van der Waals surface area (Å²) in [7, 11) is 0. The number of aliphatic hydroxyl groups is 1. The zero-order valence-electron chi connectivity index (χ0n) is 20.7. The highest BCUT2D eigenvalue weighted by atomic mass is 32.2. The van der Waals surface area contributed by atoms with Crippen LogP contribution >= 0.6 is 11.8 Å². The smallest absolute Gasteiger partial charge is 0.311 e. The van der Waals surface area contributed by atoms with Crippen molar-refractivity contribution in [3.8, 4) is 0 Å². The van der Waals surface area contributed by atoms with Gasteiger partial charge in [-0.2, -0.15) is 0 Å². The van der Waals surface area contributed by atoms with Crippen LogP contribution in [0.4, 0.5) is 0 Å². The second kappa shape index (κ2) is 9.69. The average molecular weight is 491 g/mol. The molecule has 0 aliphatic carbocycles. The molecule has 8 heteroatoms. The van der Waals surface area contributed by atoms with Gasteiger partial charge in [-0.3, -0.25) is 14.4 Å². The number of thioether (sulfide) groups is 1. The summed E-state index contributed by atoms with van der Waals surface area (Å²) < 4.78 is 4.11. The van der Waals surface area contributed by atoms with E-state index in [9.17, 15) is 19.5 Å². The topological polar surface area (TPSA) is 87.2 Å². The van der Waals surface area contributed by atoms with Gasteiger partial charge >= 0.3 is 5.97 Å². The summed E-state index contributed by atoms with van der Waals surface area (Å²) in [5.74, 6) is -2.12. The molecule has 2 unspecified atom stereocenters. The lowest BCUT2D eigenvalue weighted by atomic mass is 9.74. The maximum absolute atomic E-state index is 14.2. The average Bonchev–Trinajstić information content (AvgIpc) is 3.13. The summed E-state index contributed by atoms with van der Waals surface area (Å²) in [4.78, 5) is 45.1. The van der Waals surface area contributed by atoms with Gasteiger partial charge in [0, 0.05) is 17.3 Å². The first-order valence-electron chi connectivity index (χ1n) is 12.7. The van der Waals surface area contributed by atoms with Gasteiger partial charge in [0.05, 0.1) is 35.8 Å². The van der Waals surface area contributed by atoms with Gasteiger partial charge < -0.3 is 19.6 Å². The monoisotopic (exact) mass is 490 g/mol. The Hall–Kier alpha value is -1.80. The number of ether oxygens (including phenoxy) is 1. The summed E-state index contributed by atoms with van der Waals surface area (Å²) in [6.07, 6.45) is 12.6. The minimum atomic E-state index is -0.894. The summed E-state index contributed by atoms with van der Waals surface area (Å²) >= 11 is 1.55. The molecule has 0 aromatic heterocycles. The van der Waals surface area contributed by atoms with Crippen LogP contribution in [0.2, 0.25) is 0 Å². The van der Waals surface area contributed by atoms with Crippen molar-refractivity contribution in [2.45, 2.75) is 87.4 Å². The number of aliphatic hydroxyl groups excluding tert-OH is 1. The third-order valence-corrected chi connectivity index (χ3v) is 9.74. The first-order chi connectivity index (χ1) is 16.2. The largest absolute Gasteiger partial charge is 0.465 e. The number of cyclic esters (lactones) is 1. The lowest BCUT2D eigenvalue weighted by Crippen LogP contribution is -2.57. The highest BCUT2D eigenvalue weighted by Gasteiger charge is 2.74. The van der Waals surface area contributed by atoms with E-state index in [2.05, 4.69) is 19.1 Å². The molecule has 0 radical (unpaired) electrons. The molecule has 0 aromatic rings. The third-order valence-electron chi connectivity index (χ3n) is 7.95. The number of esters is 1. The molecule has 0 saturated carbocycles. The lowest BCUT2D eigenvalue weighted by Gasteiger charge is -2.40. The maximum atomic E-state index is 14.2. The fourth-order valence-corrected chi connectivity index (χ4v) is 8.43. The number of fused-ring (bicyclic) bond motifs is 2. The quantitative estimate of drug-likeness (QED) is 0.471. The first kappa shape index (κ1) is 25.3. The van der Waals surface area contributed by atoms with E-state index in [1.54, 1.807) is 23.6 Å². The highest BCUT2D eigenvalue weighted by molar-refractivity contribution is 8.02. The number of allylic oxidation sites excluding steroid dienone is 1. The second-order valence-corrected chi connectivity index (χ2v) is 12.2. The van der Waals surface area contributed by atoms with Crippen LogP contribution in [0.3, 0.4) is 0 Å². The number of amides is 2. The van der Waals surface area contributed by atoms with Crippen LogP contribution in [0.15, 0.2) is 24.3 Å². The normalized spacial score (nSPS) is 38.5. The molecule has 188 valence electrons. The van der Waals surface area contributed by atoms with E-state index in [1.807, 2.05) is 30.9 Å². The molecular weight excluding hydrogens is 452 g/mol. The van der Waals surface area contributed by atoms with Crippen molar-refractivity contribution in [3.63, 3.8) is 0 Å². The van der Waals surface area contributed by atoms with E-state index >= 15 is 0 Å². The molecule has 4 aliphatic heterocycles. The Morgan fingerprint density at radius 1 is 1.12 bits per heavy atom. The molecule has 4 heterocycles. The minimum Gasteiger partial charge on any atom is -0.465 e. The lowest BCUT2D eigenvalue weighted by molar-refractivity contribution is -0.154. The van der Waals surface area contributed by atoms with E-state index in [-0.39, 0.29) is 30.4 Å². The Bertz CT molecular complexity index is 890. The van der Waals surface area contributed by atoms with Crippen molar-refractivity contribution < 1.29 is 24.2 Å². The maximum Gasteiger partial charge on any atom is 0.311 e. The molecule has 1 N–H and O–H groups in total. The number of rotatable bonds is 5. The van der Waals surface area contributed by atoms with Gasteiger partial charge in [0.15, 0.2) is 0 Å². The van der Waals surface area contributed by atoms with Gasteiger partial charge in [-0.15, -0.1) is 11.8 Å². The van der Waals surface area contributed by atoms with Gasteiger partial charge in [0.25, 0.3) is 0 Å². The van der Waals surface area contributed by atoms with Crippen LogP contribution in [-0.2, 0) is 19.1 Å². The Morgan fingerprint density at radius 2 is 1.88 bits per heavy atom. The second-order valence-electron chi connectivity index (χ2n) is 10.4. The Balaban J connectivity index is 1.86. The Morgan fingerprint density at radius 3 is 2.59 bits per heavy atom. The zero-order valence-corrected chi connectivity index (χ0v) is 21.6. The molecule has 4 aliphatic rings. The third kappa shape index (κ3) is 3.91. The number of hydrogen-bond acceptors (Lipinski definition) is 6. The number of carbonyl (C=O) groups excluding carboxylic acids is 3. The molecular formula is C26H38N2O5S. The number of nitrogens with zero attached hydrogens (tertiary/aromatic N) is 2. The predicted octanol–water partition coefficient (Wildman–Crippen LogP) is 2.93. The van der Waals surface area contributed by atoms with Crippen LogP contribution in [0.5, 0.6) is 0 Å². The summed E-state index contributed by atoms with van der Waals surface area (Å²) in [6, 6.07) is -1.27. The summed E-state index contributed by atoms with van der Waals surface area (Å²) in [5.41, 5.74) is 0. The van der Waals surface area contributed by atoms with Crippen molar-refractivity contribution in [3.05, 3.63) is 24.3 Å². The van der Waals surface area contributed by atoms with Crippen molar-refractivity contribution in [2.75, 3.05) is 19.8 Å². The fraction of sp³-hybridized carbons (Fsp3) is 0.731. The van der Waals surface area contributed by atoms with Crippen molar-refractivity contribution in [1.29, 1.82) is 0 Å². The Labute approximate surface area is 206 Å². The van der Waals surface area contributed by atoms with Crippen LogP contribution in [-0.4, -0.2) is 80.1 Å². The highest BCUT2D eigenvalue weighted by Crippen LogP contribution is 2.65. The number of hydrogen-bond donors (Lipinski definition) is 1. The predicted molar refractivity (Wildman–Crippen MR) is 132 cm³/mol. The molecule has 2 saturated heterocycles. The zero-order chi connectivity index (χ0) is 24.7. The Kier molecular flexibility index (Phi) is 7.21. The number of likely N-dealkylation sites (tertiary alicyclic amines) is 1. The molecule has 34 heavy (non-hydrogen) atoms. The molecule has 0 aromatic carbocycles. The van der Waals surface area contributed by atoms with Crippen molar-refractivity contribution in [1.82, 2.24) is 9.80 Å². The summed E-state index contributed by atoms with van der Waals surface area (Å²) in [6.45, 7) is 8.48.